The number of nitrogens with one attached hydrogen (secondary N) is 2. The fraction of sp³-hybridized carbons (Fsp3) is 0.0476. The molecule has 0 radical (unpaired) electrons. The van der Waals surface area contributed by atoms with Crippen LogP contribution in [0.4, 0.5) is 17.1 Å². The average molecular weight is 356 g/mol. The Morgan fingerprint density at radius 1 is 0.889 bits per heavy atom. The van der Waals surface area contributed by atoms with Crippen LogP contribution in [-0.2, 0) is 0 Å². The van der Waals surface area contributed by atoms with E-state index in [0.29, 0.717) is 16.8 Å². The lowest BCUT2D eigenvalue weighted by molar-refractivity contribution is 0.101. The molecule has 0 aliphatic rings. The number of amides is 1. The van der Waals surface area contributed by atoms with E-state index >= 15 is 0 Å². The molecule has 0 spiro atoms. The quantitative estimate of drug-likeness (QED) is 0.670. The second kappa shape index (κ2) is 7.93. The van der Waals surface area contributed by atoms with E-state index in [2.05, 4.69) is 21.7 Å². The minimum Gasteiger partial charge on any atom is -0.354 e. The number of hydrogen-bond acceptors (Lipinski definition) is 5. The molecule has 2 aromatic carbocycles. The van der Waals surface area contributed by atoms with Crippen LogP contribution in [0.2, 0.25) is 0 Å². The minimum atomic E-state index is -0.338. The summed E-state index contributed by atoms with van der Waals surface area (Å²) in [6, 6.07) is 19.1. The van der Waals surface area contributed by atoms with E-state index in [1.165, 1.54) is 6.92 Å². The number of nitrogens with zero attached hydrogens (tertiary/aromatic N) is 2. The number of rotatable bonds is 5. The highest BCUT2D eigenvalue weighted by Gasteiger charge is 2.08. The zero-order chi connectivity index (χ0) is 19.2. The van der Waals surface area contributed by atoms with Crippen molar-refractivity contribution in [2.45, 2.75) is 6.92 Å². The number of carbonyl (C=O) groups excluding carboxylic acids is 2. The molecule has 0 bridgehead atoms. The van der Waals surface area contributed by atoms with Gasteiger partial charge in [-0.3, -0.25) is 9.59 Å². The van der Waals surface area contributed by atoms with Crippen molar-refractivity contribution >= 4 is 28.8 Å². The van der Waals surface area contributed by atoms with Crippen LogP contribution in [0, 0.1) is 11.3 Å². The third-order valence-electron chi connectivity index (χ3n) is 3.85. The summed E-state index contributed by atoms with van der Waals surface area (Å²) >= 11 is 0. The van der Waals surface area contributed by atoms with Gasteiger partial charge in [0.15, 0.2) is 5.78 Å². The largest absolute Gasteiger partial charge is 0.354 e. The summed E-state index contributed by atoms with van der Waals surface area (Å²) in [5.41, 5.74) is 3.58. The van der Waals surface area contributed by atoms with Crippen LogP contribution >= 0.6 is 0 Å². The van der Waals surface area contributed by atoms with Crippen molar-refractivity contribution in [1.29, 1.82) is 5.26 Å². The smallest absolute Gasteiger partial charge is 0.274 e. The molecule has 27 heavy (non-hydrogen) atoms. The van der Waals surface area contributed by atoms with Gasteiger partial charge < -0.3 is 10.6 Å². The van der Waals surface area contributed by atoms with Gasteiger partial charge in [-0.15, -0.1) is 0 Å². The van der Waals surface area contributed by atoms with Crippen molar-refractivity contribution in [3.63, 3.8) is 0 Å². The number of anilines is 3. The predicted octanol–water partition coefficient (Wildman–Crippen LogP) is 4.15. The number of ketones is 1. The number of hydrogen-bond donors (Lipinski definition) is 2. The predicted molar refractivity (Wildman–Crippen MR) is 103 cm³/mol. The Kier molecular flexibility index (Phi) is 5.24. The van der Waals surface area contributed by atoms with Gasteiger partial charge in [-0.2, -0.15) is 5.26 Å². The molecule has 0 aliphatic heterocycles. The molecule has 3 rings (SSSR count). The van der Waals surface area contributed by atoms with Gasteiger partial charge in [-0.25, -0.2) is 4.98 Å². The van der Waals surface area contributed by atoms with Crippen molar-refractivity contribution in [2.24, 2.45) is 0 Å². The first-order chi connectivity index (χ1) is 13.0. The maximum atomic E-state index is 12.3. The van der Waals surface area contributed by atoms with Gasteiger partial charge >= 0.3 is 0 Å². The first-order valence-corrected chi connectivity index (χ1v) is 8.21. The number of Topliss-reactive ketones (excluding diaryl/α,β-unsaturated/α-hetero) is 1. The van der Waals surface area contributed by atoms with Crippen LogP contribution in [0.3, 0.4) is 0 Å². The lowest BCUT2D eigenvalue weighted by Gasteiger charge is -2.08. The highest BCUT2D eigenvalue weighted by molar-refractivity contribution is 6.03. The Balaban J connectivity index is 1.64. The highest BCUT2D eigenvalue weighted by Crippen LogP contribution is 2.17. The fourth-order valence-electron chi connectivity index (χ4n) is 2.38. The Hall–Kier alpha value is -3.98. The van der Waals surface area contributed by atoms with Gasteiger partial charge in [-0.1, -0.05) is 0 Å². The van der Waals surface area contributed by atoms with E-state index in [1.807, 2.05) is 0 Å². The minimum absolute atomic E-state index is 0.0279. The lowest BCUT2D eigenvalue weighted by Crippen LogP contribution is -2.13. The normalized spacial score (nSPS) is 9.93. The second-order valence-electron chi connectivity index (χ2n) is 5.83. The Morgan fingerprint density at radius 2 is 1.52 bits per heavy atom. The monoisotopic (exact) mass is 356 g/mol. The first kappa shape index (κ1) is 17.8. The van der Waals surface area contributed by atoms with Crippen molar-refractivity contribution < 1.29 is 9.59 Å². The summed E-state index contributed by atoms with van der Waals surface area (Å²) < 4.78 is 0. The number of pyridine rings is 1. The van der Waals surface area contributed by atoms with Crippen LogP contribution in [0.5, 0.6) is 0 Å². The maximum Gasteiger partial charge on any atom is 0.274 e. The SMILES string of the molecule is CC(=O)c1ccc(NC(=O)c2ccc(Nc3ccc(C#N)cc3)cn2)cc1. The molecule has 132 valence electrons. The molecule has 0 atom stereocenters. The summed E-state index contributed by atoms with van der Waals surface area (Å²) in [6.45, 7) is 1.49. The molecule has 0 unspecified atom stereocenters. The van der Waals surface area contributed by atoms with Crippen LogP contribution < -0.4 is 10.6 Å². The van der Waals surface area contributed by atoms with E-state index in [-0.39, 0.29) is 17.4 Å². The van der Waals surface area contributed by atoms with Crippen molar-refractivity contribution in [2.75, 3.05) is 10.6 Å². The molecule has 0 fully saturated rings. The van der Waals surface area contributed by atoms with Crippen LogP contribution in [0.1, 0.15) is 33.3 Å². The third-order valence-corrected chi connectivity index (χ3v) is 3.85. The van der Waals surface area contributed by atoms with Gasteiger partial charge in [0, 0.05) is 16.9 Å². The number of carbonyl (C=O) groups is 2. The standard InChI is InChI=1S/C21H16N4O2/c1-14(26)16-4-8-18(9-5-16)25-21(27)20-11-10-19(13-23-20)24-17-6-2-15(12-22)3-7-17/h2-11,13,24H,1H3,(H,25,27). The van der Waals surface area contributed by atoms with Gasteiger partial charge in [-0.05, 0) is 67.6 Å². The topological polar surface area (TPSA) is 94.9 Å². The average Bonchev–Trinajstić information content (AvgIpc) is 2.69. The lowest BCUT2D eigenvalue weighted by atomic mass is 10.1. The van der Waals surface area contributed by atoms with E-state index in [1.54, 1.807) is 66.9 Å². The Labute approximate surface area is 156 Å². The van der Waals surface area contributed by atoms with Crippen LogP contribution in [0.15, 0.2) is 66.9 Å². The molecule has 1 amide bonds. The molecule has 2 N–H and O–H groups in total. The number of benzene rings is 2. The van der Waals surface area contributed by atoms with Crippen molar-refractivity contribution in [3.8, 4) is 6.07 Å². The second-order valence-corrected chi connectivity index (χ2v) is 5.83. The van der Waals surface area contributed by atoms with Gasteiger partial charge in [0.05, 0.1) is 23.5 Å². The Bertz CT molecular complexity index is 1000. The third kappa shape index (κ3) is 4.55. The summed E-state index contributed by atoms with van der Waals surface area (Å²) in [4.78, 5) is 27.7. The highest BCUT2D eigenvalue weighted by atomic mass is 16.2. The van der Waals surface area contributed by atoms with Crippen LogP contribution in [0.25, 0.3) is 0 Å². The summed E-state index contributed by atoms with van der Waals surface area (Å²) in [6.07, 6.45) is 1.56. The van der Waals surface area contributed by atoms with Gasteiger partial charge in [0.2, 0.25) is 0 Å². The van der Waals surface area contributed by atoms with Crippen molar-refractivity contribution in [3.05, 3.63) is 83.7 Å². The van der Waals surface area contributed by atoms with E-state index < -0.39 is 0 Å². The molecule has 1 heterocycles. The summed E-state index contributed by atoms with van der Waals surface area (Å²) in [7, 11) is 0. The number of aromatic nitrogens is 1. The molecule has 3 aromatic rings. The van der Waals surface area contributed by atoms with E-state index in [0.717, 1.165) is 11.4 Å². The molecule has 0 saturated heterocycles. The fourth-order valence-corrected chi connectivity index (χ4v) is 2.38. The zero-order valence-corrected chi connectivity index (χ0v) is 14.6. The molecular weight excluding hydrogens is 340 g/mol. The molecule has 6 nitrogen and oxygen atoms in total. The van der Waals surface area contributed by atoms with Crippen molar-refractivity contribution in [1.82, 2.24) is 4.98 Å². The summed E-state index contributed by atoms with van der Waals surface area (Å²) in [5, 5.41) is 14.7. The number of nitriles is 1. The maximum absolute atomic E-state index is 12.3. The first-order valence-electron chi connectivity index (χ1n) is 8.21. The van der Waals surface area contributed by atoms with E-state index in [4.69, 9.17) is 5.26 Å². The molecule has 0 aliphatic carbocycles. The zero-order valence-electron chi connectivity index (χ0n) is 14.6. The van der Waals surface area contributed by atoms with Gasteiger partial charge in [0.1, 0.15) is 5.69 Å². The molecule has 1 aromatic heterocycles. The molecular formula is C21H16N4O2. The summed E-state index contributed by atoms with van der Waals surface area (Å²) in [5.74, 6) is -0.365. The van der Waals surface area contributed by atoms with Crippen LogP contribution in [-0.4, -0.2) is 16.7 Å². The Morgan fingerprint density at radius 3 is 2.07 bits per heavy atom. The van der Waals surface area contributed by atoms with Gasteiger partial charge in [0.25, 0.3) is 5.91 Å². The molecule has 6 heteroatoms. The molecule has 0 saturated carbocycles. The van der Waals surface area contributed by atoms with E-state index in [9.17, 15) is 9.59 Å².